The van der Waals surface area contributed by atoms with Gasteiger partial charge in [-0.3, -0.25) is 14.4 Å². The molecule has 0 saturated carbocycles. The monoisotopic (exact) mass is 559 g/mol. The average Bonchev–Trinajstić information content (AvgIpc) is 3.18. The lowest BCUT2D eigenvalue weighted by molar-refractivity contribution is -0.136. The fourth-order valence-corrected chi connectivity index (χ4v) is 4.01. The molecule has 2 amide bonds. The van der Waals surface area contributed by atoms with E-state index in [4.69, 9.17) is 28.3 Å². The number of carboxylic acids is 1. The maximum atomic E-state index is 14.1. The maximum Gasteiger partial charge on any atom is 0.322 e. The summed E-state index contributed by atoms with van der Waals surface area (Å²) in [5.74, 6) is -2.17. The van der Waals surface area contributed by atoms with Gasteiger partial charge in [0, 0.05) is 30.1 Å². The van der Waals surface area contributed by atoms with E-state index in [1.807, 2.05) is 12.2 Å². The number of carbonyl (C=O) groups is 3. The molecule has 1 fully saturated rings. The molecule has 0 bridgehead atoms. The van der Waals surface area contributed by atoms with Crippen LogP contribution in [0.15, 0.2) is 30.3 Å². The molecule has 1 saturated heterocycles. The first-order valence-electron chi connectivity index (χ1n) is 11.4. The number of rotatable bonds is 7. The summed E-state index contributed by atoms with van der Waals surface area (Å²) in [6.45, 7) is 11.6. The van der Waals surface area contributed by atoms with Gasteiger partial charge in [0.2, 0.25) is 12.8 Å². The highest BCUT2D eigenvalue weighted by Crippen LogP contribution is 2.46. The van der Waals surface area contributed by atoms with Crippen LogP contribution >= 0.6 is 23.2 Å². The Morgan fingerprint density at radius 3 is 2.19 bits per heavy atom. The first kappa shape index (κ1) is 32.3. The standard InChI is InChI=1S/C18H16Cl2F2N2O.C5H12.C3H5NO3/c1-18(11-5-16(22)14(20)6-17(11)24-9-25)8-23-7-12(18)10-2-3-15(21)13(19)4-10;1-5(2,3)4;5-2-4-1-3(6)7/h2-6,9,12,23H,7-8H2,1H3,(H,24,25);1-4H3;2H,1H2,(H,4,5)(H,6,7)/t12-,18+;;/m1../s1. The minimum absolute atomic E-state index is 0.0419. The van der Waals surface area contributed by atoms with Gasteiger partial charge in [-0.15, -0.1) is 0 Å². The fraction of sp³-hybridized carbons (Fsp3) is 0.423. The summed E-state index contributed by atoms with van der Waals surface area (Å²) >= 11 is 11.8. The van der Waals surface area contributed by atoms with Crippen LogP contribution in [-0.2, 0) is 19.8 Å². The molecule has 1 aliphatic heterocycles. The van der Waals surface area contributed by atoms with Gasteiger partial charge >= 0.3 is 5.97 Å². The number of nitrogens with one attached hydrogen (secondary N) is 3. The normalized spacial score (nSPS) is 18.5. The van der Waals surface area contributed by atoms with Crippen molar-refractivity contribution in [3.05, 3.63) is 63.1 Å². The van der Waals surface area contributed by atoms with E-state index in [1.54, 1.807) is 12.1 Å². The molecule has 2 atom stereocenters. The highest BCUT2D eigenvalue weighted by atomic mass is 35.5. The molecule has 0 radical (unpaired) electrons. The Balaban J connectivity index is 0.000000476. The average molecular weight is 560 g/mol. The van der Waals surface area contributed by atoms with Crippen LogP contribution in [0.1, 0.15) is 51.7 Å². The highest BCUT2D eigenvalue weighted by molar-refractivity contribution is 6.31. The Morgan fingerprint density at radius 1 is 1.11 bits per heavy atom. The van der Waals surface area contributed by atoms with Crippen molar-refractivity contribution in [2.45, 2.75) is 46.0 Å². The largest absolute Gasteiger partial charge is 0.480 e. The second kappa shape index (κ2) is 14.3. The van der Waals surface area contributed by atoms with Crippen LogP contribution in [-0.4, -0.2) is 43.5 Å². The van der Waals surface area contributed by atoms with Gasteiger partial charge in [-0.2, -0.15) is 0 Å². The Bertz CT molecular complexity index is 1090. The molecule has 11 heteroatoms. The van der Waals surface area contributed by atoms with Gasteiger partial charge in [-0.05, 0) is 40.8 Å². The lowest BCUT2D eigenvalue weighted by Gasteiger charge is -2.33. The van der Waals surface area contributed by atoms with Crippen molar-refractivity contribution in [3.8, 4) is 0 Å². The van der Waals surface area contributed by atoms with Gasteiger partial charge in [0.1, 0.15) is 18.2 Å². The summed E-state index contributed by atoms with van der Waals surface area (Å²) in [5.41, 5.74) is 1.87. The summed E-state index contributed by atoms with van der Waals surface area (Å²) in [4.78, 5) is 29.8. The topological polar surface area (TPSA) is 108 Å². The van der Waals surface area contributed by atoms with Gasteiger partial charge in [0.05, 0.1) is 10.0 Å². The third kappa shape index (κ3) is 10.3. The van der Waals surface area contributed by atoms with Gasteiger partial charge in [0.15, 0.2) is 0 Å². The summed E-state index contributed by atoms with van der Waals surface area (Å²) in [5, 5.41) is 15.6. The predicted molar refractivity (Wildman–Crippen MR) is 142 cm³/mol. The molecule has 0 unspecified atom stereocenters. The van der Waals surface area contributed by atoms with E-state index in [2.05, 4.69) is 38.3 Å². The van der Waals surface area contributed by atoms with Gasteiger partial charge in [-0.25, -0.2) is 8.78 Å². The molecule has 7 nitrogen and oxygen atoms in total. The Hall–Kier alpha value is -2.75. The minimum Gasteiger partial charge on any atom is -0.480 e. The molecule has 37 heavy (non-hydrogen) atoms. The molecule has 0 spiro atoms. The fourth-order valence-electron chi connectivity index (χ4n) is 3.65. The summed E-state index contributed by atoms with van der Waals surface area (Å²) in [6.07, 6.45) is 0.872. The third-order valence-corrected chi connectivity index (χ3v) is 5.76. The van der Waals surface area contributed by atoms with Crippen LogP contribution in [0.25, 0.3) is 0 Å². The number of amides is 2. The highest BCUT2D eigenvalue weighted by Gasteiger charge is 2.43. The van der Waals surface area contributed by atoms with Crippen molar-refractivity contribution in [1.82, 2.24) is 10.6 Å². The summed E-state index contributed by atoms with van der Waals surface area (Å²) in [7, 11) is 0. The van der Waals surface area contributed by atoms with E-state index in [9.17, 15) is 23.2 Å². The summed E-state index contributed by atoms with van der Waals surface area (Å²) in [6, 6.07) is 7.34. The Kier molecular flexibility index (Phi) is 12.4. The number of hydrogen-bond donors (Lipinski definition) is 4. The van der Waals surface area contributed by atoms with E-state index >= 15 is 0 Å². The van der Waals surface area contributed by atoms with Crippen molar-refractivity contribution in [1.29, 1.82) is 0 Å². The molecule has 1 heterocycles. The second-order valence-electron chi connectivity index (χ2n) is 10.2. The molecular formula is C26H33Cl2F2N3O4. The number of hydrogen-bond acceptors (Lipinski definition) is 4. The SMILES string of the molecule is CC(C)(C)C.C[C@@]1(c2cc(F)c(Cl)cc2NC=O)CNC[C@@H]1c1ccc(F)c(Cl)c1.O=CNCC(=O)O. The van der Waals surface area contributed by atoms with Crippen LogP contribution in [0.3, 0.4) is 0 Å². The molecule has 3 rings (SSSR count). The van der Waals surface area contributed by atoms with Crippen LogP contribution in [0, 0.1) is 17.0 Å². The minimum atomic E-state index is -1.04. The molecule has 4 N–H and O–H groups in total. The molecular weight excluding hydrogens is 527 g/mol. The molecule has 0 aromatic heterocycles. The molecule has 0 aliphatic carbocycles. The van der Waals surface area contributed by atoms with Crippen molar-refractivity contribution < 1.29 is 28.3 Å². The van der Waals surface area contributed by atoms with E-state index in [1.165, 1.54) is 18.2 Å². The first-order valence-corrected chi connectivity index (χ1v) is 12.1. The van der Waals surface area contributed by atoms with Crippen LogP contribution in [0.4, 0.5) is 14.5 Å². The zero-order valence-electron chi connectivity index (χ0n) is 21.4. The Labute approximate surface area is 225 Å². The van der Waals surface area contributed by atoms with E-state index < -0.39 is 23.0 Å². The van der Waals surface area contributed by atoms with E-state index in [0.29, 0.717) is 42.6 Å². The second-order valence-corrected chi connectivity index (χ2v) is 11.1. The molecule has 2 aromatic carbocycles. The third-order valence-electron chi connectivity index (χ3n) is 5.18. The maximum absolute atomic E-state index is 14.1. The lowest BCUT2D eigenvalue weighted by atomic mass is 9.70. The zero-order valence-corrected chi connectivity index (χ0v) is 22.9. The van der Waals surface area contributed by atoms with Crippen LogP contribution in [0.5, 0.6) is 0 Å². The zero-order chi connectivity index (χ0) is 28.4. The number of halogens is 4. The Morgan fingerprint density at radius 2 is 1.70 bits per heavy atom. The van der Waals surface area contributed by atoms with E-state index in [-0.39, 0.29) is 22.5 Å². The lowest BCUT2D eigenvalue weighted by Crippen LogP contribution is -2.31. The molecule has 1 aliphatic rings. The quantitative estimate of drug-likeness (QED) is 0.342. The molecule has 204 valence electrons. The first-order chi connectivity index (χ1) is 17.1. The number of benzene rings is 2. The number of carbonyl (C=O) groups excluding carboxylic acids is 2. The van der Waals surface area contributed by atoms with Gasteiger partial charge in [-0.1, -0.05) is 63.9 Å². The number of carboxylic acid groups (broad SMARTS) is 1. The van der Waals surface area contributed by atoms with Crippen molar-refractivity contribution in [3.63, 3.8) is 0 Å². The van der Waals surface area contributed by atoms with Crippen molar-refractivity contribution in [2.75, 3.05) is 25.0 Å². The van der Waals surface area contributed by atoms with Gasteiger partial charge in [0.25, 0.3) is 0 Å². The van der Waals surface area contributed by atoms with Crippen molar-refractivity contribution in [2.24, 2.45) is 5.41 Å². The number of aliphatic carboxylic acids is 1. The van der Waals surface area contributed by atoms with Crippen LogP contribution in [0.2, 0.25) is 10.0 Å². The molecule has 2 aromatic rings. The van der Waals surface area contributed by atoms with Gasteiger partial charge < -0.3 is 21.1 Å². The van der Waals surface area contributed by atoms with Crippen LogP contribution < -0.4 is 16.0 Å². The number of anilines is 1. The summed E-state index contributed by atoms with van der Waals surface area (Å²) < 4.78 is 27.6. The predicted octanol–water partition coefficient (Wildman–Crippen LogP) is 5.35. The van der Waals surface area contributed by atoms with E-state index in [0.717, 1.165) is 5.56 Å². The smallest absolute Gasteiger partial charge is 0.322 e. The van der Waals surface area contributed by atoms with Crippen molar-refractivity contribution >= 4 is 47.7 Å².